The number of nitrogens with one attached hydrogen (secondary N) is 2. The number of benzene rings is 2. The van der Waals surface area contributed by atoms with Crippen LogP contribution in [0.3, 0.4) is 0 Å². The van der Waals surface area contributed by atoms with Crippen LogP contribution in [0.1, 0.15) is 18.4 Å². The molecule has 6 nitrogen and oxygen atoms in total. The van der Waals surface area contributed by atoms with Gasteiger partial charge < -0.3 is 10.4 Å². The predicted octanol–water partition coefficient (Wildman–Crippen LogP) is 3.68. The maximum Gasteiger partial charge on any atom is 0.240 e. The number of sulfonamides is 1. The molecule has 1 heterocycles. The van der Waals surface area contributed by atoms with Crippen molar-refractivity contribution in [3.8, 4) is 5.75 Å². The molecule has 3 aromatic rings. The van der Waals surface area contributed by atoms with E-state index in [0.717, 1.165) is 29.8 Å². The van der Waals surface area contributed by atoms with Crippen LogP contribution in [-0.4, -0.2) is 25.1 Å². The van der Waals surface area contributed by atoms with Gasteiger partial charge in [0, 0.05) is 35.6 Å². The standard InChI is InChI=1S/C20H21N3O3S/c1-13-2-5-15(24)10-20(13)23-19-8-9-21-18-7-6-16(11-17(18)19)27(25,26)22-12-14-3-4-14/h2,5-11,14,22,24H,3-4,12H2,1H3,(H,21,23). The molecule has 0 aliphatic heterocycles. The molecule has 1 aliphatic rings. The van der Waals surface area contributed by atoms with Crippen LogP contribution in [0.15, 0.2) is 53.6 Å². The second-order valence-electron chi connectivity index (χ2n) is 6.96. The number of pyridine rings is 1. The molecule has 0 bridgehead atoms. The summed E-state index contributed by atoms with van der Waals surface area (Å²) in [5, 5.41) is 13.7. The molecule has 4 rings (SSSR count). The first-order chi connectivity index (χ1) is 12.9. The Hall–Kier alpha value is -2.64. The van der Waals surface area contributed by atoms with Crippen LogP contribution in [0.4, 0.5) is 11.4 Å². The Balaban J connectivity index is 1.71. The van der Waals surface area contributed by atoms with Gasteiger partial charge in [-0.15, -0.1) is 0 Å². The molecular weight excluding hydrogens is 362 g/mol. The molecule has 1 aromatic heterocycles. The molecule has 7 heteroatoms. The lowest BCUT2D eigenvalue weighted by Gasteiger charge is -2.13. The third-order valence-corrected chi connectivity index (χ3v) is 6.19. The summed E-state index contributed by atoms with van der Waals surface area (Å²) < 4.78 is 27.9. The number of aromatic nitrogens is 1. The number of aromatic hydroxyl groups is 1. The van der Waals surface area contributed by atoms with Gasteiger partial charge in [0.1, 0.15) is 5.75 Å². The lowest BCUT2D eigenvalue weighted by atomic mass is 10.1. The molecule has 0 atom stereocenters. The third-order valence-electron chi connectivity index (χ3n) is 4.77. The fourth-order valence-corrected chi connectivity index (χ4v) is 4.07. The van der Waals surface area contributed by atoms with Crippen LogP contribution in [-0.2, 0) is 10.0 Å². The summed E-state index contributed by atoms with van der Waals surface area (Å²) in [4.78, 5) is 4.55. The van der Waals surface area contributed by atoms with E-state index in [1.165, 1.54) is 0 Å². The van der Waals surface area contributed by atoms with Crippen LogP contribution in [0.2, 0.25) is 0 Å². The normalized spacial score (nSPS) is 14.4. The Morgan fingerprint density at radius 1 is 1.11 bits per heavy atom. The molecule has 0 amide bonds. The Bertz CT molecular complexity index is 1110. The van der Waals surface area contributed by atoms with Crippen molar-refractivity contribution in [3.63, 3.8) is 0 Å². The molecule has 0 saturated heterocycles. The van der Waals surface area contributed by atoms with Crippen molar-refractivity contribution in [2.75, 3.05) is 11.9 Å². The first kappa shape index (κ1) is 17.8. The highest BCUT2D eigenvalue weighted by Gasteiger charge is 2.24. The summed E-state index contributed by atoms with van der Waals surface area (Å²) in [5.41, 5.74) is 3.14. The molecule has 1 aliphatic carbocycles. The van der Waals surface area contributed by atoms with Crippen molar-refractivity contribution >= 4 is 32.3 Å². The fourth-order valence-electron chi connectivity index (χ4n) is 2.92. The van der Waals surface area contributed by atoms with Gasteiger partial charge in [-0.25, -0.2) is 13.1 Å². The first-order valence-corrected chi connectivity index (χ1v) is 10.4. The summed E-state index contributed by atoms with van der Waals surface area (Å²) in [6.45, 7) is 2.42. The molecule has 140 valence electrons. The average Bonchev–Trinajstić information content (AvgIpc) is 3.47. The Morgan fingerprint density at radius 2 is 1.93 bits per heavy atom. The van der Waals surface area contributed by atoms with E-state index in [9.17, 15) is 13.5 Å². The van der Waals surface area contributed by atoms with Crippen LogP contribution in [0.5, 0.6) is 5.75 Å². The van der Waals surface area contributed by atoms with Gasteiger partial charge in [-0.3, -0.25) is 4.98 Å². The van der Waals surface area contributed by atoms with Crippen molar-refractivity contribution in [2.24, 2.45) is 5.92 Å². The monoisotopic (exact) mass is 383 g/mol. The van der Waals surface area contributed by atoms with Crippen molar-refractivity contribution in [1.29, 1.82) is 0 Å². The van der Waals surface area contributed by atoms with E-state index in [4.69, 9.17) is 0 Å². The minimum atomic E-state index is -3.56. The smallest absolute Gasteiger partial charge is 0.240 e. The lowest BCUT2D eigenvalue weighted by Crippen LogP contribution is -2.25. The fraction of sp³-hybridized carbons (Fsp3) is 0.250. The van der Waals surface area contributed by atoms with Crippen molar-refractivity contribution in [1.82, 2.24) is 9.71 Å². The molecule has 3 N–H and O–H groups in total. The molecule has 0 radical (unpaired) electrons. The Kier molecular flexibility index (Phi) is 4.49. The second kappa shape index (κ2) is 6.83. The van der Waals surface area contributed by atoms with E-state index in [0.29, 0.717) is 23.4 Å². The summed E-state index contributed by atoms with van der Waals surface area (Å²) >= 11 is 0. The Labute approximate surface area is 158 Å². The summed E-state index contributed by atoms with van der Waals surface area (Å²) in [6.07, 6.45) is 3.84. The van der Waals surface area contributed by atoms with Gasteiger partial charge in [-0.1, -0.05) is 6.07 Å². The van der Waals surface area contributed by atoms with Gasteiger partial charge >= 0.3 is 0 Å². The quantitative estimate of drug-likeness (QED) is 0.604. The number of hydrogen-bond acceptors (Lipinski definition) is 5. The van der Waals surface area contributed by atoms with E-state index in [2.05, 4.69) is 15.0 Å². The highest BCUT2D eigenvalue weighted by atomic mass is 32.2. The van der Waals surface area contributed by atoms with Gasteiger partial charge in [-0.2, -0.15) is 0 Å². The Morgan fingerprint density at radius 3 is 2.70 bits per heavy atom. The van der Waals surface area contributed by atoms with Crippen molar-refractivity contribution < 1.29 is 13.5 Å². The number of phenolic OH excluding ortho intramolecular Hbond substituents is 1. The summed E-state index contributed by atoms with van der Waals surface area (Å²) in [5.74, 6) is 0.627. The van der Waals surface area contributed by atoms with Gasteiger partial charge in [0.2, 0.25) is 10.0 Å². The van der Waals surface area contributed by atoms with Crippen molar-refractivity contribution in [2.45, 2.75) is 24.7 Å². The minimum Gasteiger partial charge on any atom is -0.508 e. The second-order valence-corrected chi connectivity index (χ2v) is 8.72. The minimum absolute atomic E-state index is 0.161. The number of phenols is 1. The number of hydrogen-bond donors (Lipinski definition) is 3. The van der Waals surface area contributed by atoms with Crippen LogP contribution in [0.25, 0.3) is 10.9 Å². The summed E-state index contributed by atoms with van der Waals surface area (Å²) in [6, 6.07) is 11.8. The van der Waals surface area contributed by atoms with E-state index in [1.54, 1.807) is 42.6 Å². The molecule has 0 spiro atoms. The van der Waals surface area contributed by atoms with E-state index in [-0.39, 0.29) is 10.6 Å². The molecule has 27 heavy (non-hydrogen) atoms. The molecule has 1 fully saturated rings. The number of rotatable bonds is 6. The maximum atomic E-state index is 12.6. The first-order valence-electron chi connectivity index (χ1n) is 8.87. The number of anilines is 2. The number of fused-ring (bicyclic) bond motifs is 1. The van der Waals surface area contributed by atoms with E-state index in [1.807, 2.05) is 13.0 Å². The topological polar surface area (TPSA) is 91.3 Å². The zero-order chi connectivity index (χ0) is 19.0. The van der Waals surface area contributed by atoms with Crippen LogP contribution in [0, 0.1) is 12.8 Å². The highest BCUT2D eigenvalue weighted by Crippen LogP contribution is 2.31. The van der Waals surface area contributed by atoms with Crippen LogP contribution >= 0.6 is 0 Å². The third kappa shape index (κ3) is 3.89. The van der Waals surface area contributed by atoms with E-state index < -0.39 is 10.0 Å². The predicted molar refractivity (Wildman–Crippen MR) is 106 cm³/mol. The van der Waals surface area contributed by atoms with Crippen molar-refractivity contribution in [3.05, 3.63) is 54.2 Å². The maximum absolute atomic E-state index is 12.6. The van der Waals surface area contributed by atoms with E-state index >= 15 is 0 Å². The zero-order valence-corrected chi connectivity index (χ0v) is 15.8. The molecule has 2 aromatic carbocycles. The van der Waals surface area contributed by atoms with Gasteiger partial charge in [0.25, 0.3) is 0 Å². The summed E-state index contributed by atoms with van der Waals surface area (Å²) in [7, 11) is -3.56. The SMILES string of the molecule is Cc1ccc(O)cc1Nc1ccnc2ccc(S(=O)(=O)NCC3CC3)cc12. The largest absolute Gasteiger partial charge is 0.508 e. The number of aryl methyl sites for hydroxylation is 1. The lowest BCUT2D eigenvalue weighted by molar-refractivity contribution is 0.475. The average molecular weight is 383 g/mol. The number of nitrogens with zero attached hydrogens (tertiary/aromatic N) is 1. The van der Waals surface area contributed by atoms with Gasteiger partial charge in [0.05, 0.1) is 10.4 Å². The molecular formula is C20H21N3O3S. The van der Waals surface area contributed by atoms with Gasteiger partial charge in [0.15, 0.2) is 0 Å². The van der Waals surface area contributed by atoms with Crippen LogP contribution < -0.4 is 10.0 Å². The molecule has 0 unspecified atom stereocenters. The van der Waals surface area contributed by atoms with Gasteiger partial charge in [-0.05, 0) is 61.6 Å². The molecule has 1 saturated carbocycles. The zero-order valence-electron chi connectivity index (χ0n) is 14.9. The highest BCUT2D eigenvalue weighted by molar-refractivity contribution is 7.89.